The largest absolute Gasteiger partial charge is 0.496 e. The molecule has 0 fully saturated rings. The van der Waals surface area contributed by atoms with Crippen LogP contribution in [0.3, 0.4) is 0 Å². The molecular weight excluding hydrogens is 541 g/mol. The summed E-state index contributed by atoms with van der Waals surface area (Å²) in [6.07, 6.45) is 5.71. The molecule has 1 aromatic rings. The molecular formula is C28H42NO10P. The maximum absolute atomic E-state index is 14.0. The van der Waals surface area contributed by atoms with E-state index < -0.39 is 37.8 Å². The summed E-state index contributed by atoms with van der Waals surface area (Å²) in [7, 11) is -1.12. The van der Waals surface area contributed by atoms with Gasteiger partial charge in [0.15, 0.2) is 0 Å². The van der Waals surface area contributed by atoms with Gasteiger partial charge in [-0.3, -0.25) is 14.2 Å². The summed E-state index contributed by atoms with van der Waals surface area (Å²) in [5.41, 5.74) is 2.61. The normalized spacial score (nSPS) is 15.2. The van der Waals surface area contributed by atoms with Gasteiger partial charge in [-0.1, -0.05) is 37.8 Å². The van der Waals surface area contributed by atoms with Crippen molar-refractivity contribution >= 4 is 25.4 Å². The van der Waals surface area contributed by atoms with E-state index in [-0.39, 0.29) is 37.4 Å². The lowest BCUT2D eigenvalue weighted by Crippen LogP contribution is -2.35. The van der Waals surface area contributed by atoms with Crippen LogP contribution in [0.4, 0.5) is 0 Å². The van der Waals surface area contributed by atoms with Crippen molar-refractivity contribution < 1.29 is 47.5 Å². The Morgan fingerprint density at radius 3 is 2.52 bits per heavy atom. The lowest BCUT2D eigenvalue weighted by Gasteiger charge is -2.26. The number of carboxylic acid groups (broad SMARTS) is 1. The van der Waals surface area contributed by atoms with Gasteiger partial charge in [0.1, 0.15) is 36.1 Å². The summed E-state index contributed by atoms with van der Waals surface area (Å²) in [6.45, 7) is 7.46. The number of benzene rings is 1. The molecule has 0 aliphatic carbocycles. The van der Waals surface area contributed by atoms with E-state index in [1.807, 2.05) is 6.08 Å². The van der Waals surface area contributed by atoms with Crippen LogP contribution in [0.25, 0.3) is 0 Å². The summed E-state index contributed by atoms with van der Waals surface area (Å²) in [5, 5.41) is 11.8. The van der Waals surface area contributed by atoms with E-state index in [1.54, 1.807) is 13.8 Å². The Hall–Kier alpha value is -2.88. The molecule has 0 radical (unpaired) electrons. The maximum atomic E-state index is 14.0. The van der Waals surface area contributed by atoms with Crippen LogP contribution in [0.5, 0.6) is 11.5 Å². The van der Waals surface area contributed by atoms with Crippen LogP contribution < -0.4 is 14.3 Å². The van der Waals surface area contributed by atoms with E-state index in [0.717, 1.165) is 31.3 Å². The van der Waals surface area contributed by atoms with E-state index in [2.05, 4.69) is 12.0 Å². The van der Waals surface area contributed by atoms with Crippen LogP contribution in [0.1, 0.15) is 86.3 Å². The fourth-order valence-corrected chi connectivity index (χ4v) is 6.09. The van der Waals surface area contributed by atoms with Crippen molar-refractivity contribution in [3.05, 3.63) is 33.9 Å². The zero-order valence-electron chi connectivity index (χ0n) is 24.3. The van der Waals surface area contributed by atoms with Crippen molar-refractivity contribution in [1.29, 1.82) is 0 Å². The molecule has 2 rings (SSSR count). The second kappa shape index (κ2) is 15.8. The molecule has 40 heavy (non-hydrogen) atoms. The molecule has 1 aromatic carbocycles. The SMILES string of the molecule is CCCCCCOC(=O)[C@H](C)NP(=O)(COC)Oc1c(C/C=C(\C)CCC(=O)O)c(OC)c(C)c2c1C(=O)OC2. The van der Waals surface area contributed by atoms with Crippen LogP contribution in [0.2, 0.25) is 0 Å². The Morgan fingerprint density at radius 1 is 1.18 bits per heavy atom. The van der Waals surface area contributed by atoms with Crippen molar-refractivity contribution in [3.8, 4) is 11.5 Å². The first-order chi connectivity index (χ1) is 19.0. The summed E-state index contributed by atoms with van der Waals surface area (Å²) >= 11 is 0. The number of aliphatic carboxylic acids is 1. The van der Waals surface area contributed by atoms with Crippen LogP contribution in [0, 0.1) is 6.92 Å². The molecule has 0 aromatic heterocycles. The number of ether oxygens (including phenoxy) is 4. The zero-order valence-corrected chi connectivity index (χ0v) is 25.2. The maximum Gasteiger partial charge on any atom is 0.342 e. The fourth-order valence-electron chi connectivity index (χ4n) is 4.37. The number of carbonyl (C=O) groups is 3. The van der Waals surface area contributed by atoms with Gasteiger partial charge in [0.2, 0.25) is 0 Å². The predicted octanol–water partition coefficient (Wildman–Crippen LogP) is 5.31. The molecule has 0 spiro atoms. The highest BCUT2D eigenvalue weighted by Gasteiger charge is 2.38. The van der Waals surface area contributed by atoms with Crippen LogP contribution in [-0.2, 0) is 41.4 Å². The van der Waals surface area contributed by atoms with Crippen LogP contribution >= 0.6 is 7.52 Å². The lowest BCUT2D eigenvalue weighted by molar-refractivity contribution is -0.145. The van der Waals surface area contributed by atoms with Gasteiger partial charge in [0, 0.05) is 24.7 Å². The van der Waals surface area contributed by atoms with E-state index in [0.29, 0.717) is 28.9 Å². The highest BCUT2D eigenvalue weighted by atomic mass is 31.2. The average Bonchev–Trinajstić information content (AvgIpc) is 3.29. The molecule has 0 bridgehead atoms. The summed E-state index contributed by atoms with van der Waals surface area (Å²) in [6, 6.07) is -0.985. The molecule has 0 saturated carbocycles. The van der Waals surface area contributed by atoms with Gasteiger partial charge in [0.25, 0.3) is 0 Å². The minimum Gasteiger partial charge on any atom is -0.496 e. The number of cyclic esters (lactones) is 1. The van der Waals surface area contributed by atoms with Gasteiger partial charge >= 0.3 is 25.4 Å². The third kappa shape index (κ3) is 9.08. The second-order valence-corrected chi connectivity index (χ2v) is 11.9. The van der Waals surface area contributed by atoms with E-state index in [4.69, 9.17) is 28.6 Å². The van der Waals surface area contributed by atoms with Crippen molar-refractivity contribution in [1.82, 2.24) is 5.09 Å². The summed E-state index contributed by atoms with van der Waals surface area (Å²) in [4.78, 5) is 36.4. The first kappa shape index (κ1) is 33.3. The fraction of sp³-hybridized carbons (Fsp3) is 0.607. The molecule has 11 nitrogen and oxygen atoms in total. The van der Waals surface area contributed by atoms with Crippen LogP contribution in [-0.4, -0.2) is 56.2 Å². The number of unbranched alkanes of at least 4 members (excludes halogenated alkanes) is 3. The summed E-state index contributed by atoms with van der Waals surface area (Å²) in [5.74, 6) is -1.69. The Kier molecular flexibility index (Phi) is 13.2. The Labute approximate surface area is 236 Å². The molecule has 1 heterocycles. The van der Waals surface area contributed by atoms with Gasteiger partial charge in [-0.2, -0.15) is 0 Å². The number of carboxylic acids is 1. The monoisotopic (exact) mass is 583 g/mol. The number of nitrogens with one attached hydrogen (secondary N) is 1. The van der Waals surface area contributed by atoms with Gasteiger partial charge in [-0.25, -0.2) is 9.88 Å². The smallest absolute Gasteiger partial charge is 0.342 e. The Balaban J connectivity index is 2.44. The molecule has 0 amide bonds. The molecule has 2 atom stereocenters. The standard InChI is InChI=1S/C28H42NO10P/c1-7-8-9-10-15-37-27(32)20(4)29-40(34,17-35-5)39-26-21(13-11-18(2)12-14-23(30)31)25(36-6)19(3)22-16-38-28(33)24(22)26/h11,20H,7-10,12-17H2,1-6H3,(H,29,34)(H,30,31)/b18-11+/t20-,40?/m0/s1. The first-order valence-electron chi connectivity index (χ1n) is 13.5. The number of hydrogen-bond donors (Lipinski definition) is 2. The predicted molar refractivity (Wildman–Crippen MR) is 149 cm³/mol. The Bertz CT molecular complexity index is 1150. The third-order valence-corrected chi connectivity index (χ3v) is 8.39. The van der Waals surface area contributed by atoms with Crippen molar-refractivity contribution in [2.75, 3.05) is 27.2 Å². The molecule has 0 saturated heterocycles. The number of carbonyl (C=O) groups excluding carboxylic acids is 2. The number of methoxy groups -OCH3 is 2. The second-order valence-electron chi connectivity index (χ2n) is 9.81. The topological polar surface area (TPSA) is 147 Å². The van der Waals surface area contributed by atoms with Crippen LogP contribution in [0.15, 0.2) is 11.6 Å². The highest BCUT2D eigenvalue weighted by molar-refractivity contribution is 7.57. The number of rotatable bonds is 18. The lowest BCUT2D eigenvalue weighted by atomic mass is 9.94. The van der Waals surface area contributed by atoms with Crippen molar-refractivity contribution in [2.45, 2.75) is 85.3 Å². The number of allylic oxidation sites excluding steroid dienone is 2. The number of hydrogen-bond acceptors (Lipinski definition) is 9. The molecule has 1 unspecified atom stereocenters. The zero-order chi connectivity index (χ0) is 29.9. The minimum atomic E-state index is -3.94. The first-order valence-corrected chi connectivity index (χ1v) is 15.3. The minimum absolute atomic E-state index is 0.00322. The van der Waals surface area contributed by atoms with Gasteiger partial charge in [-0.15, -0.1) is 0 Å². The number of fused-ring (bicyclic) bond motifs is 1. The van der Waals surface area contributed by atoms with Gasteiger partial charge < -0.3 is 28.6 Å². The number of esters is 2. The Morgan fingerprint density at radius 2 is 1.90 bits per heavy atom. The van der Waals surface area contributed by atoms with E-state index in [1.165, 1.54) is 21.1 Å². The molecule has 12 heteroatoms. The molecule has 1 aliphatic heterocycles. The van der Waals surface area contributed by atoms with Crippen molar-refractivity contribution in [2.24, 2.45) is 0 Å². The molecule has 224 valence electrons. The average molecular weight is 584 g/mol. The van der Waals surface area contributed by atoms with E-state index >= 15 is 0 Å². The van der Waals surface area contributed by atoms with Gasteiger partial charge in [-0.05, 0) is 45.6 Å². The quantitative estimate of drug-likeness (QED) is 0.100. The molecule has 1 aliphatic rings. The highest BCUT2D eigenvalue weighted by Crippen LogP contribution is 2.51. The summed E-state index contributed by atoms with van der Waals surface area (Å²) < 4.78 is 41.6. The molecule has 2 N–H and O–H groups in total. The van der Waals surface area contributed by atoms with E-state index in [9.17, 15) is 18.9 Å². The third-order valence-electron chi connectivity index (χ3n) is 6.54. The van der Waals surface area contributed by atoms with Gasteiger partial charge in [0.05, 0.1) is 13.7 Å². The van der Waals surface area contributed by atoms with Crippen molar-refractivity contribution in [3.63, 3.8) is 0 Å².